The molecule has 3 atom stereocenters. The average molecular weight is 310 g/mol. The third kappa shape index (κ3) is 4.37. The molecule has 22 heavy (non-hydrogen) atoms. The van der Waals surface area contributed by atoms with E-state index in [1.54, 1.807) is 0 Å². The second-order valence-corrected chi connectivity index (χ2v) is 7.68. The van der Waals surface area contributed by atoms with Crippen LogP contribution in [0.15, 0.2) is 0 Å². The van der Waals surface area contributed by atoms with Gasteiger partial charge in [-0.3, -0.25) is 4.79 Å². The number of alkyl carbamates (subject to hydrolysis) is 1. The largest absolute Gasteiger partial charge is 0.444 e. The molecule has 5 heteroatoms. The Kier molecular flexibility index (Phi) is 5.35. The van der Waals surface area contributed by atoms with Gasteiger partial charge < -0.3 is 15.0 Å². The monoisotopic (exact) mass is 310 g/mol. The van der Waals surface area contributed by atoms with Crippen LogP contribution in [0.2, 0.25) is 0 Å². The van der Waals surface area contributed by atoms with E-state index in [-0.39, 0.29) is 5.91 Å². The second-order valence-electron chi connectivity index (χ2n) is 7.68. The number of amides is 2. The van der Waals surface area contributed by atoms with Crippen molar-refractivity contribution in [3.63, 3.8) is 0 Å². The highest BCUT2D eigenvalue weighted by molar-refractivity contribution is 5.78. The molecule has 1 saturated carbocycles. The van der Waals surface area contributed by atoms with E-state index in [4.69, 9.17) is 4.74 Å². The van der Waals surface area contributed by atoms with Gasteiger partial charge in [0, 0.05) is 25.0 Å². The summed E-state index contributed by atoms with van der Waals surface area (Å²) in [6.07, 6.45) is 5.97. The number of nitrogens with one attached hydrogen (secondary N) is 1. The van der Waals surface area contributed by atoms with Crippen LogP contribution in [0.25, 0.3) is 0 Å². The Morgan fingerprint density at radius 3 is 2.59 bits per heavy atom. The van der Waals surface area contributed by atoms with Crippen molar-refractivity contribution >= 4 is 12.0 Å². The maximum Gasteiger partial charge on any atom is 0.407 e. The molecular weight excluding hydrogens is 280 g/mol. The van der Waals surface area contributed by atoms with Crippen LogP contribution in [-0.2, 0) is 9.53 Å². The lowest BCUT2D eigenvalue weighted by molar-refractivity contribution is -0.134. The fourth-order valence-electron chi connectivity index (χ4n) is 3.85. The van der Waals surface area contributed by atoms with Gasteiger partial charge in [-0.2, -0.15) is 0 Å². The van der Waals surface area contributed by atoms with E-state index in [1.807, 2.05) is 20.8 Å². The number of carbonyl (C=O) groups excluding carboxylic acids is 2. The van der Waals surface area contributed by atoms with Crippen molar-refractivity contribution < 1.29 is 14.3 Å². The van der Waals surface area contributed by atoms with Gasteiger partial charge in [-0.25, -0.2) is 4.79 Å². The van der Waals surface area contributed by atoms with Crippen LogP contribution >= 0.6 is 0 Å². The summed E-state index contributed by atoms with van der Waals surface area (Å²) in [4.78, 5) is 26.2. The van der Waals surface area contributed by atoms with Crippen molar-refractivity contribution in [2.24, 2.45) is 5.92 Å². The number of hydrogen-bond donors (Lipinski definition) is 1. The van der Waals surface area contributed by atoms with E-state index in [0.717, 1.165) is 12.8 Å². The average Bonchev–Trinajstić information content (AvgIpc) is 2.72. The fourth-order valence-corrected chi connectivity index (χ4v) is 3.85. The molecule has 126 valence electrons. The number of fused-ring (bicyclic) bond motifs is 1. The van der Waals surface area contributed by atoms with Gasteiger partial charge in [0.05, 0.1) is 0 Å². The molecule has 0 aromatic rings. The topological polar surface area (TPSA) is 58.6 Å². The van der Waals surface area contributed by atoms with Gasteiger partial charge in [0.2, 0.25) is 5.91 Å². The van der Waals surface area contributed by atoms with E-state index >= 15 is 0 Å². The molecule has 1 aliphatic heterocycles. The van der Waals surface area contributed by atoms with Crippen molar-refractivity contribution in [3.8, 4) is 0 Å². The van der Waals surface area contributed by atoms with Crippen molar-refractivity contribution in [1.29, 1.82) is 0 Å². The van der Waals surface area contributed by atoms with Gasteiger partial charge in [-0.05, 0) is 52.9 Å². The van der Waals surface area contributed by atoms with Crippen molar-refractivity contribution in [1.82, 2.24) is 10.2 Å². The quantitative estimate of drug-likeness (QED) is 0.871. The van der Waals surface area contributed by atoms with Crippen LogP contribution in [0.3, 0.4) is 0 Å². The van der Waals surface area contributed by atoms with Crippen LogP contribution in [0, 0.1) is 5.92 Å². The summed E-state index contributed by atoms with van der Waals surface area (Å²) in [7, 11) is 0. The third-order valence-electron chi connectivity index (χ3n) is 4.64. The highest BCUT2D eigenvalue weighted by Crippen LogP contribution is 2.39. The number of carbonyl (C=O) groups is 2. The van der Waals surface area contributed by atoms with Crippen molar-refractivity contribution in [2.75, 3.05) is 6.54 Å². The Hall–Kier alpha value is -1.26. The molecule has 1 heterocycles. The number of ether oxygens (including phenoxy) is 1. The molecule has 1 saturated heterocycles. The van der Waals surface area contributed by atoms with Gasteiger partial charge >= 0.3 is 6.09 Å². The minimum atomic E-state index is -0.507. The molecule has 0 spiro atoms. The van der Waals surface area contributed by atoms with E-state index < -0.39 is 11.7 Å². The molecule has 0 radical (unpaired) electrons. The first-order valence-electron chi connectivity index (χ1n) is 8.56. The van der Waals surface area contributed by atoms with E-state index in [2.05, 4.69) is 17.1 Å². The van der Waals surface area contributed by atoms with Crippen LogP contribution < -0.4 is 5.32 Å². The lowest BCUT2D eigenvalue weighted by atomic mass is 9.85. The zero-order valence-corrected chi connectivity index (χ0v) is 14.4. The summed E-state index contributed by atoms with van der Waals surface area (Å²) < 4.78 is 5.18. The standard InChI is InChI=1S/C17H30N2O3/c1-12-11-13-7-5-6-8-14(13)19(12)15(20)9-10-18-16(21)22-17(2,3)4/h12-14H,5-11H2,1-4H3,(H,18,21). The highest BCUT2D eigenvalue weighted by atomic mass is 16.6. The first-order valence-corrected chi connectivity index (χ1v) is 8.56. The van der Waals surface area contributed by atoms with Gasteiger partial charge in [0.15, 0.2) is 0 Å². The predicted octanol–water partition coefficient (Wildman–Crippen LogP) is 3.08. The van der Waals surface area contributed by atoms with Crippen LogP contribution in [0.5, 0.6) is 0 Å². The molecule has 2 aliphatic rings. The molecule has 0 bridgehead atoms. The van der Waals surface area contributed by atoms with Gasteiger partial charge in [-0.15, -0.1) is 0 Å². The maximum absolute atomic E-state index is 12.5. The minimum Gasteiger partial charge on any atom is -0.444 e. The Morgan fingerprint density at radius 2 is 1.91 bits per heavy atom. The van der Waals surface area contributed by atoms with Crippen LogP contribution in [-0.4, -0.2) is 41.1 Å². The van der Waals surface area contributed by atoms with Gasteiger partial charge in [0.1, 0.15) is 5.60 Å². The number of nitrogens with zero attached hydrogens (tertiary/aromatic N) is 1. The minimum absolute atomic E-state index is 0.165. The molecule has 5 nitrogen and oxygen atoms in total. The molecular formula is C17H30N2O3. The van der Waals surface area contributed by atoms with E-state index in [0.29, 0.717) is 31.0 Å². The fraction of sp³-hybridized carbons (Fsp3) is 0.882. The number of hydrogen-bond acceptors (Lipinski definition) is 3. The highest BCUT2D eigenvalue weighted by Gasteiger charge is 2.42. The summed E-state index contributed by atoms with van der Waals surface area (Å²) in [5.74, 6) is 0.851. The van der Waals surface area contributed by atoms with Crippen molar-refractivity contribution in [2.45, 2.75) is 83.9 Å². The van der Waals surface area contributed by atoms with Gasteiger partial charge in [0.25, 0.3) is 0 Å². The Balaban J connectivity index is 1.78. The Morgan fingerprint density at radius 1 is 1.23 bits per heavy atom. The predicted molar refractivity (Wildman–Crippen MR) is 85.5 cm³/mol. The second kappa shape index (κ2) is 6.88. The molecule has 0 aromatic carbocycles. The summed E-state index contributed by atoms with van der Waals surface area (Å²) in [6.45, 7) is 7.97. The first kappa shape index (κ1) is 17.1. The third-order valence-corrected chi connectivity index (χ3v) is 4.64. The SMILES string of the molecule is CC1CC2CCCCC2N1C(=O)CCNC(=O)OC(C)(C)C. The summed E-state index contributed by atoms with van der Waals surface area (Å²) in [6, 6.07) is 0.764. The molecule has 2 fully saturated rings. The smallest absolute Gasteiger partial charge is 0.407 e. The summed E-state index contributed by atoms with van der Waals surface area (Å²) in [5, 5.41) is 2.67. The van der Waals surface area contributed by atoms with Crippen LogP contribution in [0.1, 0.15) is 66.2 Å². The lowest BCUT2D eigenvalue weighted by Crippen LogP contribution is -2.43. The van der Waals surface area contributed by atoms with Gasteiger partial charge in [-0.1, -0.05) is 12.8 Å². The maximum atomic E-state index is 12.5. The summed E-state index contributed by atoms with van der Waals surface area (Å²) >= 11 is 0. The zero-order valence-electron chi connectivity index (χ0n) is 14.4. The van der Waals surface area contributed by atoms with E-state index in [1.165, 1.54) is 19.3 Å². The molecule has 2 amide bonds. The molecule has 1 aliphatic carbocycles. The molecule has 0 aromatic heterocycles. The first-order chi connectivity index (χ1) is 10.3. The zero-order chi connectivity index (χ0) is 16.3. The Labute approximate surface area is 133 Å². The Bertz CT molecular complexity index is 417. The van der Waals surface area contributed by atoms with Crippen LogP contribution in [0.4, 0.5) is 4.79 Å². The summed E-state index contributed by atoms with van der Waals surface area (Å²) in [5.41, 5.74) is -0.507. The number of likely N-dealkylation sites (tertiary alicyclic amines) is 1. The number of rotatable bonds is 3. The van der Waals surface area contributed by atoms with E-state index in [9.17, 15) is 9.59 Å². The molecule has 1 N–H and O–H groups in total. The molecule has 3 unspecified atom stereocenters. The normalized spacial score (nSPS) is 28.2. The molecule has 2 rings (SSSR count). The van der Waals surface area contributed by atoms with Crippen molar-refractivity contribution in [3.05, 3.63) is 0 Å². The lowest BCUT2D eigenvalue weighted by Gasteiger charge is -2.33.